The quantitative estimate of drug-likeness (QED) is 0.395. The van der Waals surface area contributed by atoms with Gasteiger partial charge in [-0.2, -0.15) is 0 Å². The van der Waals surface area contributed by atoms with Gasteiger partial charge in [0.25, 0.3) is 0 Å². The summed E-state index contributed by atoms with van der Waals surface area (Å²) in [5, 5.41) is 3.40. The minimum absolute atomic E-state index is 0. The molecule has 1 aliphatic heterocycles. The Balaban J connectivity index is 0.00000261. The lowest BCUT2D eigenvalue weighted by Crippen LogP contribution is -2.39. The number of amides is 1. The van der Waals surface area contributed by atoms with Crippen LogP contribution in [-0.4, -0.2) is 36.9 Å². The predicted octanol–water partition coefficient (Wildman–Crippen LogP) is 3.04. The second kappa shape index (κ2) is 10.3. The number of nitrogens with two attached hydrogens (primary N) is 1. The standard InChI is InChI=1S/C21H26N4O.HI/c1-23-21(24-14-17-8-5-9-19(13-17)20(22)26)25-11-10-18(15-25)12-16-6-3-2-4-7-16;/h2-9,13,18H,10-12,14-15H2,1H3,(H2,22,26)(H,23,24);1H. The van der Waals surface area contributed by atoms with Crippen molar-refractivity contribution in [2.75, 3.05) is 20.1 Å². The number of hydrogen-bond donors (Lipinski definition) is 2. The van der Waals surface area contributed by atoms with Crippen LogP contribution < -0.4 is 11.1 Å². The third kappa shape index (κ3) is 5.95. The first-order valence-electron chi connectivity index (χ1n) is 9.04. The highest BCUT2D eigenvalue weighted by Crippen LogP contribution is 2.21. The molecule has 1 unspecified atom stereocenters. The predicted molar refractivity (Wildman–Crippen MR) is 120 cm³/mol. The second-order valence-electron chi connectivity index (χ2n) is 6.76. The number of hydrogen-bond acceptors (Lipinski definition) is 2. The first-order valence-corrected chi connectivity index (χ1v) is 9.04. The van der Waals surface area contributed by atoms with Crippen LogP contribution in [0.5, 0.6) is 0 Å². The van der Waals surface area contributed by atoms with Crippen molar-refractivity contribution >= 4 is 35.8 Å². The summed E-state index contributed by atoms with van der Waals surface area (Å²) in [7, 11) is 1.81. The summed E-state index contributed by atoms with van der Waals surface area (Å²) in [6.45, 7) is 2.64. The molecule has 0 aliphatic carbocycles. The molecule has 0 radical (unpaired) electrons. The lowest BCUT2D eigenvalue weighted by atomic mass is 9.99. The van der Waals surface area contributed by atoms with E-state index in [2.05, 4.69) is 45.5 Å². The molecule has 1 amide bonds. The molecule has 1 saturated heterocycles. The average Bonchev–Trinajstić information content (AvgIpc) is 3.11. The largest absolute Gasteiger partial charge is 0.366 e. The van der Waals surface area contributed by atoms with Crippen molar-refractivity contribution in [3.8, 4) is 0 Å². The molecule has 1 heterocycles. The van der Waals surface area contributed by atoms with Gasteiger partial charge < -0.3 is 16.0 Å². The highest BCUT2D eigenvalue weighted by Gasteiger charge is 2.24. The Morgan fingerprint density at radius 1 is 1.19 bits per heavy atom. The van der Waals surface area contributed by atoms with Crippen LogP contribution in [0.1, 0.15) is 27.9 Å². The normalized spacial score (nSPS) is 16.7. The maximum atomic E-state index is 11.3. The maximum absolute atomic E-state index is 11.3. The van der Waals surface area contributed by atoms with E-state index < -0.39 is 5.91 Å². The summed E-state index contributed by atoms with van der Waals surface area (Å²) in [6.07, 6.45) is 2.28. The average molecular weight is 478 g/mol. The molecule has 3 N–H and O–H groups in total. The highest BCUT2D eigenvalue weighted by molar-refractivity contribution is 14.0. The fourth-order valence-corrected chi connectivity index (χ4v) is 3.49. The molecule has 144 valence electrons. The molecule has 1 fully saturated rings. The molecule has 1 atom stereocenters. The Morgan fingerprint density at radius 3 is 2.63 bits per heavy atom. The van der Waals surface area contributed by atoms with E-state index >= 15 is 0 Å². The van der Waals surface area contributed by atoms with Gasteiger partial charge in [0.2, 0.25) is 5.91 Å². The monoisotopic (exact) mass is 478 g/mol. The first-order chi connectivity index (χ1) is 12.7. The van der Waals surface area contributed by atoms with Gasteiger partial charge >= 0.3 is 0 Å². The summed E-state index contributed by atoms with van der Waals surface area (Å²) in [5.74, 6) is 1.15. The molecule has 6 heteroatoms. The summed E-state index contributed by atoms with van der Waals surface area (Å²) in [4.78, 5) is 18.0. The number of benzene rings is 2. The Hall–Kier alpha value is -2.09. The summed E-state index contributed by atoms with van der Waals surface area (Å²) >= 11 is 0. The third-order valence-corrected chi connectivity index (χ3v) is 4.83. The van der Waals surface area contributed by atoms with Crippen LogP contribution in [0.3, 0.4) is 0 Å². The molecule has 2 aromatic carbocycles. The van der Waals surface area contributed by atoms with Gasteiger partial charge in [-0.15, -0.1) is 24.0 Å². The number of nitrogens with one attached hydrogen (secondary N) is 1. The topological polar surface area (TPSA) is 70.7 Å². The van der Waals surface area contributed by atoms with Gasteiger partial charge in [0.05, 0.1) is 0 Å². The molecule has 0 aromatic heterocycles. The maximum Gasteiger partial charge on any atom is 0.248 e. The molecule has 27 heavy (non-hydrogen) atoms. The van der Waals surface area contributed by atoms with Crippen LogP contribution in [0, 0.1) is 5.92 Å². The van der Waals surface area contributed by atoms with Crippen LogP contribution in [0.4, 0.5) is 0 Å². The molecule has 0 spiro atoms. The fraction of sp³-hybridized carbons (Fsp3) is 0.333. The van der Waals surface area contributed by atoms with Crippen molar-refractivity contribution in [2.24, 2.45) is 16.6 Å². The van der Waals surface area contributed by atoms with Crippen molar-refractivity contribution in [3.05, 3.63) is 71.3 Å². The zero-order valence-corrected chi connectivity index (χ0v) is 17.9. The van der Waals surface area contributed by atoms with Gasteiger partial charge in [0.15, 0.2) is 5.96 Å². The van der Waals surface area contributed by atoms with Gasteiger partial charge in [0, 0.05) is 32.2 Å². The van der Waals surface area contributed by atoms with Gasteiger partial charge in [0.1, 0.15) is 0 Å². The van der Waals surface area contributed by atoms with Gasteiger partial charge in [-0.25, -0.2) is 0 Å². The minimum Gasteiger partial charge on any atom is -0.366 e. The SMILES string of the molecule is CN=C(NCc1cccc(C(N)=O)c1)N1CCC(Cc2ccccc2)C1.I. The number of carbonyl (C=O) groups excluding carboxylic acids is 1. The van der Waals surface area contributed by atoms with E-state index in [1.54, 1.807) is 6.07 Å². The lowest BCUT2D eigenvalue weighted by molar-refractivity contribution is 0.1000. The number of nitrogens with zero attached hydrogens (tertiary/aromatic N) is 2. The van der Waals surface area contributed by atoms with Gasteiger partial charge in [-0.1, -0.05) is 42.5 Å². The number of carbonyl (C=O) groups is 1. The van der Waals surface area contributed by atoms with Crippen molar-refractivity contribution < 1.29 is 4.79 Å². The Bertz CT molecular complexity index is 779. The first kappa shape index (κ1) is 21.2. The van der Waals surface area contributed by atoms with E-state index in [4.69, 9.17) is 5.73 Å². The molecule has 3 rings (SSSR count). The third-order valence-electron chi connectivity index (χ3n) is 4.83. The van der Waals surface area contributed by atoms with E-state index in [9.17, 15) is 4.79 Å². The van der Waals surface area contributed by atoms with Crippen LogP contribution in [0.15, 0.2) is 59.6 Å². The molecule has 0 saturated carbocycles. The summed E-state index contributed by atoms with van der Waals surface area (Å²) < 4.78 is 0. The number of aliphatic imine (C=N–C) groups is 1. The number of rotatable bonds is 5. The Kier molecular flexibility index (Phi) is 8.09. The van der Waals surface area contributed by atoms with Crippen LogP contribution in [0.2, 0.25) is 0 Å². The summed E-state index contributed by atoms with van der Waals surface area (Å²) in [6, 6.07) is 18.0. The highest BCUT2D eigenvalue weighted by atomic mass is 127. The van der Waals surface area contributed by atoms with E-state index in [-0.39, 0.29) is 24.0 Å². The zero-order chi connectivity index (χ0) is 18.4. The van der Waals surface area contributed by atoms with E-state index in [1.165, 1.54) is 12.0 Å². The molecular formula is C21H27IN4O. The van der Waals surface area contributed by atoms with Crippen LogP contribution in [0.25, 0.3) is 0 Å². The molecule has 2 aromatic rings. The van der Waals surface area contributed by atoms with Crippen molar-refractivity contribution in [1.82, 2.24) is 10.2 Å². The minimum atomic E-state index is -0.403. The second-order valence-corrected chi connectivity index (χ2v) is 6.76. The van der Waals surface area contributed by atoms with Crippen molar-refractivity contribution in [1.29, 1.82) is 0 Å². The van der Waals surface area contributed by atoms with Crippen LogP contribution >= 0.6 is 24.0 Å². The molecule has 0 bridgehead atoms. The van der Waals surface area contributed by atoms with Crippen molar-refractivity contribution in [3.63, 3.8) is 0 Å². The van der Waals surface area contributed by atoms with E-state index in [1.807, 2.05) is 25.2 Å². The van der Waals surface area contributed by atoms with Crippen LogP contribution in [-0.2, 0) is 13.0 Å². The van der Waals surface area contributed by atoms with Gasteiger partial charge in [-0.3, -0.25) is 9.79 Å². The van der Waals surface area contributed by atoms with E-state index in [0.717, 1.165) is 31.0 Å². The van der Waals surface area contributed by atoms with Crippen molar-refractivity contribution in [2.45, 2.75) is 19.4 Å². The number of guanidine groups is 1. The fourth-order valence-electron chi connectivity index (χ4n) is 3.49. The summed E-state index contributed by atoms with van der Waals surface area (Å²) in [5.41, 5.74) is 8.29. The van der Waals surface area contributed by atoms with E-state index in [0.29, 0.717) is 18.0 Å². The molecule has 5 nitrogen and oxygen atoms in total. The smallest absolute Gasteiger partial charge is 0.248 e. The van der Waals surface area contributed by atoms with Gasteiger partial charge in [-0.05, 0) is 42.0 Å². The molecular weight excluding hydrogens is 451 g/mol. The zero-order valence-electron chi connectivity index (χ0n) is 15.6. The number of primary amides is 1. The Labute approximate surface area is 178 Å². The number of halogens is 1. The Morgan fingerprint density at radius 2 is 1.93 bits per heavy atom. The lowest BCUT2D eigenvalue weighted by Gasteiger charge is -2.22. The number of likely N-dealkylation sites (tertiary alicyclic amines) is 1. The molecule has 1 aliphatic rings.